The molecular weight excluding hydrogens is 435 g/mol. The van der Waals surface area contributed by atoms with E-state index in [4.69, 9.17) is 4.74 Å². The number of nitrogens with one attached hydrogen (secondary N) is 2. The molecule has 2 heterocycles. The highest BCUT2D eigenvalue weighted by atomic mass is 127. The highest BCUT2D eigenvalue weighted by molar-refractivity contribution is 14.0. The van der Waals surface area contributed by atoms with Crippen LogP contribution in [0.2, 0.25) is 0 Å². The van der Waals surface area contributed by atoms with Gasteiger partial charge in [0.1, 0.15) is 0 Å². The molecule has 0 amide bonds. The number of ether oxygens (including phenoxy) is 1. The highest BCUT2D eigenvalue weighted by Crippen LogP contribution is 2.62. The predicted octanol–water partition coefficient (Wildman–Crippen LogP) is 2.73. The van der Waals surface area contributed by atoms with E-state index >= 15 is 0 Å². The number of guanidine groups is 1. The number of halogens is 1. The van der Waals surface area contributed by atoms with Crippen molar-refractivity contribution in [1.29, 1.82) is 0 Å². The average Bonchev–Trinajstić information content (AvgIpc) is 3.09. The summed E-state index contributed by atoms with van der Waals surface area (Å²) in [5, 5.41) is 8.35. The van der Waals surface area contributed by atoms with Crippen LogP contribution in [0.4, 0.5) is 0 Å². The number of rotatable bonds is 4. The molecule has 3 fully saturated rings. The van der Waals surface area contributed by atoms with Crippen LogP contribution in [0.5, 0.6) is 0 Å². The molecule has 0 bridgehead atoms. The molecular formula is C17H27IN4OS. The molecule has 1 aromatic heterocycles. The van der Waals surface area contributed by atoms with Gasteiger partial charge in [-0.25, -0.2) is 4.98 Å². The van der Waals surface area contributed by atoms with Crippen molar-refractivity contribution >= 4 is 41.3 Å². The average molecular weight is 462 g/mol. The summed E-state index contributed by atoms with van der Waals surface area (Å²) in [5.74, 6) is 1.61. The molecule has 3 aliphatic rings. The summed E-state index contributed by atoms with van der Waals surface area (Å²) in [5.41, 5.74) is 0.394. The zero-order chi connectivity index (χ0) is 15.9. The molecule has 2 aliphatic carbocycles. The molecule has 2 saturated carbocycles. The Morgan fingerprint density at radius 3 is 2.96 bits per heavy atom. The Balaban J connectivity index is 0.00000169. The van der Waals surface area contributed by atoms with Crippen LogP contribution in [-0.2, 0) is 11.2 Å². The van der Waals surface area contributed by atoms with Crippen molar-refractivity contribution < 1.29 is 4.74 Å². The Labute approximate surface area is 165 Å². The van der Waals surface area contributed by atoms with Crippen LogP contribution >= 0.6 is 35.3 Å². The maximum absolute atomic E-state index is 5.99. The van der Waals surface area contributed by atoms with Crippen LogP contribution < -0.4 is 10.6 Å². The van der Waals surface area contributed by atoms with Gasteiger partial charge in [-0.2, -0.15) is 0 Å². The van der Waals surface area contributed by atoms with Crippen LogP contribution in [0.25, 0.3) is 0 Å². The molecule has 134 valence electrons. The van der Waals surface area contributed by atoms with Gasteiger partial charge in [-0.3, -0.25) is 4.99 Å². The van der Waals surface area contributed by atoms with Crippen LogP contribution in [-0.4, -0.2) is 43.3 Å². The fourth-order valence-electron chi connectivity index (χ4n) is 4.60. The van der Waals surface area contributed by atoms with E-state index < -0.39 is 0 Å². The third-order valence-electron chi connectivity index (χ3n) is 5.85. The molecule has 1 saturated heterocycles. The molecule has 24 heavy (non-hydrogen) atoms. The van der Waals surface area contributed by atoms with E-state index in [-0.39, 0.29) is 24.0 Å². The zero-order valence-corrected chi connectivity index (χ0v) is 17.5. The standard InChI is InChI=1S/C17H26N4OS.HI/c1-11-10-20-13(23-11)4-8-19-16(18-2)21-14-12-5-9-22-15(12)17(14)6-3-7-17;/h10,12,14-15H,3-9H2,1-2H3,(H2,18,19,21);1H. The van der Waals surface area contributed by atoms with Gasteiger partial charge in [0.15, 0.2) is 5.96 Å². The molecule has 0 radical (unpaired) electrons. The van der Waals surface area contributed by atoms with Gasteiger partial charge >= 0.3 is 0 Å². The number of hydrogen-bond acceptors (Lipinski definition) is 4. The van der Waals surface area contributed by atoms with Crippen LogP contribution in [0.1, 0.15) is 35.6 Å². The lowest BCUT2D eigenvalue weighted by Gasteiger charge is -2.63. The summed E-state index contributed by atoms with van der Waals surface area (Å²) in [7, 11) is 1.86. The summed E-state index contributed by atoms with van der Waals surface area (Å²) in [4.78, 5) is 10.1. The first kappa shape index (κ1) is 18.4. The van der Waals surface area contributed by atoms with Gasteiger partial charge in [0.2, 0.25) is 0 Å². The van der Waals surface area contributed by atoms with Crippen molar-refractivity contribution in [3.05, 3.63) is 16.1 Å². The van der Waals surface area contributed by atoms with E-state index in [2.05, 4.69) is 27.5 Å². The quantitative estimate of drug-likeness (QED) is 0.411. The predicted molar refractivity (Wildman–Crippen MR) is 108 cm³/mol. The van der Waals surface area contributed by atoms with E-state index in [0.717, 1.165) is 25.5 Å². The molecule has 1 aliphatic heterocycles. The summed E-state index contributed by atoms with van der Waals surface area (Å²) < 4.78 is 5.99. The van der Waals surface area contributed by atoms with Crippen molar-refractivity contribution in [1.82, 2.24) is 15.6 Å². The Kier molecular flexibility index (Phi) is 5.71. The van der Waals surface area contributed by atoms with Gasteiger partial charge in [0.25, 0.3) is 0 Å². The third-order valence-corrected chi connectivity index (χ3v) is 6.82. The molecule has 2 N–H and O–H groups in total. The van der Waals surface area contributed by atoms with Gasteiger partial charge in [0.05, 0.1) is 11.1 Å². The molecule has 1 aromatic rings. The highest BCUT2D eigenvalue weighted by Gasteiger charge is 2.66. The van der Waals surface area contributed by atoms with Crippen molar-refractivity contribution in [2.24, 2.45) is 16.3 Å². The van der Waals surface area contributed by atoms with Gasteiger partial charge in [0, 0.05) is 55.1 Å². The zero-order valence-electron chi connectivity index (χ0n) is 14.4. The molecule has 5 nitrogen and oxygen atoms in total. The Bertz CT molecular complexity index is 601. The minimum Gasteiger partial charge on any atom is -0.377 e. The SMILES string of the molecule is CN=C(NCCc1ncc(C)s1)NC1C2CCOC2C12CCC2.I. The maximum atomic E-state index is 5.99. The molecule has 3 atom stereocenters. The Hall–Kier alpha value is -0.410. The molecule has 0 aromatic carbocycles. The number of nitrogens with zero attached hydrogens (tertiary/aromatic N) is 2. The number of hydrogen-bond donors (Lipinski definition) is 2. The van der Waals surface area contributed by atoms with Crippen molar-refractivity contribution in [3.63, 3.8) is 0 Å². The number of aliphatic imine (C=N–C) groups is 1. The Morgan fingerprint density at radius 2 is 2.33 bits per heavy atom. The van der Waals surface area contributed by atoms with Gasteiger partial charge in [-0.15, -0.1) is 35.3 Å². The van der Waals surface area contributed by atoms with Gasteiger partial charge < -0.3 is 15.4 Å². The van der Waals surface area contributed by atoms with Crippen LogP contribution in [0.3, 0.4) is 0 Å². The van der Waals surface area contributed by atoms with Crippen LogP contribution in [0, 0.1) is 18.3 Å². The maximum Gasteiger partial charge on any atom is 0.191 e. The topological polar surface area (TPSA) is 58.5 Å². The first-order valence-corrected chi connectivity index (χ1v) is 9.55. The summed E-state index contributed by atoms with van der Waals surface area (Å²) in [6.45, 7) is 3.91. The second-order valence-electron chi connectivity index (χ2n) is 7.07. The lowest BCUT2D eigenvalue weighted by molar-refractivity contribution is -0.171. The summed E-state index contributed by atoms with van der Waals surface area (Å²) >= 11 is 1.77. The minimum atomic E-state index is 0. The third kappa shape index (κ3) is 3.07. The van der Waals surface area contributed by atoms with E-state index in [1.54, 1.807) is 11.3 Å². The van der Waals surface area contributed by atoms with E-state index in [9.17, 15) is 0 Å². The van der Waals surface area contributed by atoms with Crippen LogP contribution in [0.15, 0.2) is 11.2 Å². The normalized spacial score (nSPS) is 30.1. The van der Waals surface area contributed by atoms with Crippen molar-refractivity contribution in [3.8, 4) is 0 Å². The largest absolute Gasteiger partial charge is 0.377 e. The number of aromatic nitrogens is 1. The smallest absolute Gasteiger partial charge is 0.191 e. The Morgan fingerprint density at radius 1 is 1.50 bits per heavy atom. The number of aryl methyl sites for hydroxylation is 1. The van der Waals surface area contributed by atoms with E-state index in [1.165, 1.54) is 35.6 Å². The minimum absolute atomic E-state index is 0. The molecule has 1 spiro atoms. The lowest BCUT2D eigenvalue weighted by Crippen LogP contribution is -2.72. The summed E-state index contributed by atoms with van der Waals surface area (Å²) in [6, 6.07) is 0.539. The van der Waals surface area contributed by atoms with E-state index in [0.29, 0.717) is 23.5 Å². The van der Waals surface area contributed by atoms with Gasteiger partial charge in [-0.05, 0) is 26.2 Å². The van der Waals surface area contributed by atoms with E-state index in [1.807, 2.05) is 13.2 Å². The van der Waals surface area contributed by atoms with Crippen molar-refractivity contribution in [2.75, 3.05) is 20.2 Å². The fraction of sp³-hybridized carbons (Fsp3) is 0.765. The monoisotopic (exact) mass is 462 g/mol. The summed E-state index contributed by atoms with van der Waals surface area (Å²) in [6.07, 6.45) is 8.55. The second-order valence-corrected chi connectivity index (χ2v) is 8.39. The second kappa shape index (κ2) is 7.45. The molecule has 7 heteroatoms. The fourth-order valence-corrected chi connectivity index (χ4v) is 5.39. The van der Waals surface area contributed by atoms with Crippen molar-refractivity contribution in [2.45, 2.75) is 51.2 Å². The molecule has 4 rings (SSSR count). The molecule has 3 unspecified atom stereocenters. The lowest BCUT2D eigenvalue weighted by atomic mass is 9.46. The van der Waals surface area contributed by atoms with Gasteiger partial charge in [-0.1, -0.05) is 6.42 Å². The first-order chi connectivity index (χ1) is 11.2. The number of fused-ring (bicyclic) bond motifs is 2. The number of thiazole rings is 1. The first-order valence-electron chi connectivity index (χ1n) is 8.73.